The van der Waals surface area contributed by atoms with Crippen LogP contribution in [0.2, 0.25) is 5.02 Å². The molecule has 2 amide bonds. The van der Waals surface area contributed by atoms with Crippen LogP contribution < -0.4 is 10.2 Å². The lowest BCUT2D eigenvalue weighted by atomic mass is 10.0. The van der Waals surface area contributed by atoms with Gasteiger partial charge >= 0.3 is 0 Å². The molecule has 0 atom stereocenters. The number of hydrogen-bond donors (Lipinski definition) is 1. The van der Waals surface area contributed by atoms with E-state index in [1.165, 1.54) is 5.56 Å². The highest BCUT2D eigenvalue weighted by atomic mass is 35.5. The van der Waals surface area contributed by atoms with Crippen molar-refractivity contribution < 1.29 is 9.59 Å². The average molecular weight is 343 g/mol. The molecule has 0 fully saturated rings. The molecule has 0 spiro atoms. The molecule has 2 aromatic carbocycles. The third-order valence-corrected chi connectivity index (χ3v) is 4.38. The smallest absolute Gasteiger partial charge is 0.246 e. The Balaban J connectivity index is 1.56. The molecule has 0 saturated carbocycles. The number of hydrogen-bond acceptors (Lipinski definition) is 2. The van der Waals surface area contributed by atoms with Gasteiger partial charge in [0.05, 0.1) is 13.0 Å². The molecule has 0 aromatic heterocycles. The van der Waals surface area contributed by atoms with Crippen LogP contribution in [-0.2, 0) is 22.4 Å². The zero-order valence-corrected chi connectivity index (χ0v) is 14.1. The van der Waals surface area contributed by atoms with Crippen LogP contribution in [0.3, 0.4) is 0 Å². The number of nitrogens with zero attached hydrogens (tertiary/aromatic N) is 1. The van der Waals surface area contributed by atoms with Crippen molar-refractivity contribution in [2.24, 2.45) is 0 Å². The molecular weight excluding hydrogens is 324 g/mol. The number of halogens is 1. The molecule has 0 aliphatic carbocycles. The second kappa shape index (κ2) is 7.49. The number of amides is 2. The molecule has 5 heteroatoms. The lowest BCUT2D eigenvalue weighted by molar-refractivity contribution is -0.124. The van der Waals surface area contributed by atoms with Gasteiger partial charge in [-0.2, -0.15) is 0 Å². The lowest BCUT2D eigenvalue weighted by Gasteiger charge is -2.29. The van der Waals surface area contributed by atoms with Crippen molar-refractivity contribution in [1.29, 1.82) is 0 Å². The summed E-state index contributed by atoms with van der Waals surface area (Å²) in [5.74, 6) is -0.248. The van der Waals surface area contributed by atoms with E-state index in [9.17, 15) is 9.59 Å². The highest BCUT2D eigenvalue weighted by molar-refractivity contribution is 6.30. The Labute approximate surface area is 146 Å². The first-order valence-corrected chi connectivity index (χ1v) is 8.41. The molecular formula is C19H19ClN2O2. The molecule has 0 saturated heterocycles. The van der Waals surface area contributed by atoms with Crippen LogP contribution in [0.1, 0.15) is 17.5 Å². The zero-order chi connectivity index (χ0) is 16.9. The molecule has 4 nitrogen and oxygen atoms in total. The minimum absolute atomic E-state index is 0.0146. The average Bonchev–Trinajstić information content (AvgIpc) is 2.61. The molecule has 1 aliphatic rings. The maximum Gasteiger partial charge on any atom is 0.246 e. The minimum atomic E-state index is -0.170. The molecule has 2 aromatic rings. The van der Waals surface area contributed by atoms with E-state index < -0.39 is 0 Å². The number of benzene rings is 2. The fourth-order valence-electron chi connectivity index (χ4n) is 2.91. The van der Waals surface area contributed by atoms with E-state index in [4.69, 9.17) is 11.6 Å². The number of anilines is 1. The summed E-state index contributed by atoms with van der Waals surface area (Å²) in [6, 6.07) is 15.1. The topological polar surface area (TPSA) is 49.4 Å². The third kappa shape index (κ3) is 3.95. The van der Waals surface area contributed by atoms with Gasteiger partial charge in [0.2, 0.25) is 11.8 Å². The number of carbonyl (C=O) groups is 2. The van der Waals surface area contributed by atoms with Crippen molar-refractivity contribution in [3.63, 3.8) is 0 Å². The number of para-hydroxylation sites is 1. The molecule has 0 bridgehead atoms. The maximum atomic E-state index is 12.5. The van der Waals surface area contributed by atoms with E-state index in [2.05, 4.69) is 5.32 Å². The zero-order valence-electron chi connectivity index (χ0n) is 13.3. The number of nitrogens with one attached hydrogen (secondary N) is 1. The fourth-order valence-corrected chi connectivity index (χ4v) is 3.04. The number of rotatable bonds is 4. The van der Waals surface area contributed by atoms with Gasteiger partial charge in [0.15, 0.2) is 0 Å². The van der Waals surface area contributed by atoms with E-state index in [1.807, 2.05) is 36.4 Å². The predicted molar refractivity (Wildman–Crippen MR) is 95.3 cm³/mol. The first kappa shape index (κ1) is 16.5. The second-order valence-corrected chi connectivity index (χ2v) is 6.29. The van der Waals surface area contributed by atoms with Crippen LogP contribution >= 0.6 is 11.6 Å². The molecule has 3 rings (SSSR count). The summed E-state index contributed by atoms with van der Waals surface area (Å²) in [4.78, 5) is 26.2. The molecule has 1 heterocycles. The van der Waals surface area contributed by atoms with Crippen LogP contribution in [0.15, 0.2) is 48.5 Å². The quantitative estimate of drug-likeness (QED) is 0.928. The number of fused-ring (bicyclic) bond motifs is 1. The first-order chi connectivity index (χ1) is 11.6. The van der Waals surface area contributed by atoms with Gasteiger partial charge in [0, 0.05) is 17.3 Å². The van der Waals surface area contributed by atoms with Gasteiger partial charge in [-0.05, 0) is 42.2 Å². The van der Waals surface area contributed by atoms with Crippen molar-refractivity contribution in [2.45, 2.75) is 19.3 Å². The molecule has 24 heavy (non-hydrogen) atoms. The Morgan fingerprint density at radius 3 is 2.62 bits per heavy atom. The van der Waals surface area contributed by atoms with Gasteiger partial charge in [0.25, 0.3) is 0 Å². The molecule has 0 radical (unpaired) electrons. The van der Waals surface area contributed by atoms with Crippen molar-refractivity contribution in [1.82, 2.24) is 5.32 Å². The number of carbonyl (C=O) groups excluding carboxylic acids is 2. The first-order valence-electron chi connectivity index (χ1n) is 8.03. The normalized spacial score (nSPS) is 13.3. The monoisotopic (exact) mass is 342 g/mol. The highest BCUT2D eigenvalue weighted by Gasteiger charge is 2.22. The second-order valence-electron chi connectivity index (χ2n) is 5.86. The van der Waals surface area contributed by atoms with Crippen molar-refractivity contribution in [3.05, 3.63) is 64.7 Å². The van der Waals surface area contributed by atoms with E-state index >= 15 is 0 Å². The summed E-state index contributed by atoms with van der Waals surface area (Å²) < 4.78 is 0. The Morgan fingerprint density at radius 1 is 1.08 bits per heavy atom. The lowest BCUT2D eigenvalue weighted by Crippen LogP contribution is -2.43. The summed E-state index contributed by atoms with van der Waals surface area (Å²) in [5, 5.41) is 3.35. The number of aryl methyl sites for hydroxylation is 1. The molecule has 0 unspecified atom stereocenters. The molecule has 124 valence electrons. The van der Waals surface area contributed by atoms with E-state index in [1.54, 1.807) is 17.0 Å². The van der Waals surface area contributed by atoms with Gasteiger partial charge in [-0.3, -0.25) is 9.59 Å². The third-order valence-electron chi connectivity index (χ3n) is 4.13. The van der Waals surface area contributed by atoms with E-state index in [-0.39, 0.29) is 24.8 Å². The predicted octanol–water partition coefficient (Wildman–Crippen LogP) is 2.98. The van der Waals surface area contributed by atoms with E-state index in [0.717, 1.165) is 24.1 Å². The van der Waals surface area contributed by atoms with E-state index in [0.29, 0.717) is 11.6 Å². The Morgan fingerprint density at radius 2 is 1.83 bits per heavy atom. The molecule has 1 aliphatic heterocycles. The highest BCUT2D eigenvalue weighted by Crippen LogP contribution is 2.26. The van der Waals surface area contributed by atoms with Gasteiger partial charge in [-0.25, -0.2) is 0 Å². The van der Waals surface area contributed by atoms with Crippen LogP contribution in [0.4, 0.5) is 5.69 Å². The van der Waals surface area contributed by atoms with Gasteiger partial charge in [0.1, 0.15) is 0 Å². The summed E-state index contributed by atoms with van der Waals surface area (Å²) in [6.07, 6.45) is 2.17. The van der Waals surface area contributed by atoms with Crippen molar-refractivity contribution >= 4 is 29.1 Å². The van der Waals surface area contributed by atoms with Crippen LogP contribution in [0.5, 0.6) is 0 Å². The maximum absolute atomic E-state index is 12.5. The minimum Gasteiger partial charge on any atom is -0.347 e. The van der Waals surface area contributed by atoms with Gasteiger partial charge in [-0.1, -0.05) is 41.9 Å². The Hall–Kier alpha value is -2.33. The largest absolute Gasteiger partial charge is 0.347 e. The SMILES string of the molecule is O=C(Cc1ccc(Cl)cc1)NCC(=O)N1CCCc2ccccc21. The molecule has 1 N–H and O–H groups in total. The summed E-state index contributed by atoms with van der Waals surface area (Å²) in [5.41, 5.74) is 3.01. The van der Waals surface area contributed by atoms with Crippen molar-refractivity contribution in [3.8, 4) is 0 Å². The van der Waals surface area contributed by atoms with Gasteiger partial charge < -0.3 is 10.2 Å². The van der Waals surface area contributed by atoms with Crippen LogP contribution in [0, 0.1) is 0 Å². The Kier molecular flexibility index (Phi) is 5.16. The van der Waals surface area contributed by atoms with Crippen molar-refractivity contribution in [2.75, 3.05) is 18.0 Å². The summed E-state index contributed by atoms with van der Waals surface area (Å²) in [7, 11) is 0. The summed E-state index contributed by atoms with van der Waals surface area (Å²) in [6.45, 7) is 0.712. The standard InChI is InChI=1S/C19H19ClN2O2/c20-16-9-7-14(8-10-16)12-18(23)21-13-19(24)22-11-3-5-15-4-1-2-6-17(15)22/h1-2,4,6-10H,3,5,11-13H2,(H,21,23). The van der Waals surface area contributed by atoms with Crippen LogP contribution in [0.25, 0.3) is 0 Å². The Bertz CT molecular complexity index is 743. The fraction of sp³-hybridized carbons (Fsp3) is 0.263. The summed E-state index contributed by atoms with van der Waals surface area (Å²) >= 11 is 5.83. The van der Waals surface area contributed by atoms with Gasteiger partial charge in [-0.15, -0.1) is 0 Å². The van der Waals surface area contributed by atoms with Crippen LogP contribution in [-0.4, -0.2) is 24.9 Å².